The Morgan fingerprint density at radius 3 is 2.67 bits per heavy atom. The summed E-state index contributed by atoms with van der Waals surface area (Å²) in [5, 5.41) is 14.5. The molecule has 1 aromatic carbocycles. The number of rotatable bonds is 4. The van der Waals surface area contributed by atoms with Gasteiger partial charge in [0.2, 0.25) is 0 Å². The van der Waals surface area contributed by atoms with Crippen molar-refractivity contribution in [3.63, 3.8) is 0 Å². The summed E-state index contributed by atoms with van der Waals surface area (Å²) in [6.45, 7) is 3.55. The van der Waals surface area contributed by atoms with E-state index < -0.39 is 5.54 Å². The van der Waals surface area contributed by atoms with Gasteiger partial charge >= 0.3 is 0 Å². The van der Waals surface area contributed by atoms with Gasteiger partial charge in [-0.15, -0.1) is 0 Å². The Bertz CT molecular complexity index is 476. The average Bonchev–Trinajstić information content (AvgIpc) is 2.37. The lowest BCUT2D eigenvalue weighted by molar-refractivity contribution is 0.0924. The molecule has 6 heteroatoms. The Morgan fingerprint density at radius 2 is 2.17 bits per heavy atom. The third kappa shape index (κ3) is 3.01. The molecule has 0 radical (unpaired) electrons. The first-order valence-corrected chi connectivity index (χ1v) is 6.29. The molecule has 0 bridgehead atoms. The van der Waals surface area contributed by atoms with E-state index in [1.54, 1.807) is 25.1 Å². The van der Waals surface area contributed by atoms with Crippen LogP contribution < -0.4 is 11.1 Å². The van der Waals surface area contributed by atoms with Gasteiger partial charge in [-0.2, -0.15) is 0 Å². The predicted molar refractivity (Wildman–Crippen MR) is 73.7 cm³/mol. The molecule has 0 aliphatic carbocycles. The number of nitrogens with two attached hydrogens (primary N) is 1. The molecule has 1 atom stereocenters. The van der Waals surface area contributed by atoms with Gasteiger partial charge in [0.25, 0.3) is 5.91 Å². The first kappa shape index (κ1) is 14.5. The van der Waals surface area contributed by atoms with Gasteiger partial charge in [0, 0.05) is 4.47 Å². The molecule has 1 aromatic rings. The van der Waals surface area contributed by atoms with Crippen molar-refractivity contribution in [1.29, 1.82) is 0 Å². The summed E-state index contributed by atoms with van der Waals surface area (Å²) in [5.41, 5.74) is 5.23. The summed E-state index contributed by atoms with van der Waals surface area (Å²) in [4.78, 5) is 12.1. The lowest BCUT2D eigenvalue weighted by atomic mass is 9.97. The molecule has 1 unspecified atom stereocenters. The monoisotopic (exact) mass is 313 g/mol. The van der Waals surface area contributed by atoms with Gasteiger partial charge in [-0.25, -0.2) is 0 Å². The van der Waals surface area contributed by atoms with E-state index in [1.807, 2.05) is 13.0 Å². The Hall–Kier alpha value is -1.56. The van der Waals surface area contributed by atoms with Crippen molar-refractivity contribution in [2.24, 2.45) is 10.9 Å². The molecule has 0 saturated carbocycles. The van der Waals surface area contributed by atoms with E-state index >= 15 is 0 Å². The Labute approximate surface area is 114 Å². The molecule has 0 saturated heterocycles. The number of amides is 1. The summed E-state index contributed by atoms with van der Waals surface area (Å²) in [6, 6.07) is 7.07. The first-order valence-electron chi connectivity index (χ1n) is 5.49. The summed E-state index contributed by atoms with van der Waals surface area (Å²) < 4.78 is 0.695. The maximum absolute atomic E-state index is 12.1. The van der Waals surface area contributed by atoms with Crippen molar-refractivity contribution >= 4 is 27.7 Å². The SMILES string of the molecule is CCC(C)(NC(=O)c1ccccc1Br)/C(N)=N/O. The normalized spacial score (nSPS) is 14.9. The predicted octanol–water partition coefficient (Wildman–Crippen LogP) is 2.09. The topological polar surface area (TPSA) is 87.7 Å². The van der Waals surface area contributed by atoms with Crippen LogP contribution in [0.4, 0.5) is 0 Å². The largest absolute Gasteiger partial charge is 0.409 e. The summed E-state index contributed by atoms with van der Waals surface area (Å²) in [5.74, 6) is -0.302. The maximum Gasteiger partial charge on any atom is 0.253 e. The number of halogens is 1. The van der Waals surface area contributed by atoms with Crippen LogP contribution in [-0.2, 0) is 0 Å². The van der Waals surface area contributed by atoms with Crippen LogP contribution in [0.25, 0.3) is 0 Å². The molecule has 0 spiro atoms. The highest BCUT2D eigenvalue weighted by Crippen LogP contribution is 2.18. The molecule has 1 rings (SSSR count). The average molecular weight is 314 g/mol. The second kappa shape index (κ2) is 5.86. The van der Waals surface area contributed by atoms with E-state index in [1.165, 1.54) is 0 Å². The minimum absolute atomic E-state index is 0.0228. The van der Waals surface area contributed by atoms with Crippen molar-refractivity contribution in [1.82, 2.24) is 5.32 Å². The molecule has 98 valence electrons. The van der Waals surface area contributed by atoms with Crippen LogP contribution in [-0.4, -0.2) is 22.5 Å². The molecular weight excluding hydrogens is 298 g/mol. The molecule has 0 aromatic heterocycles. The van der Waals surface area contributed by atoms with Gasteiger partial charge in [-0.3, -0.25) is 4.79 Å². The van der Waals surface area contributed by atoms with Crippen LogP contribution in [0.5, 0.6) is 0 Å². The number of nitrogens with one attached hydrogen (secondary N) is 1. The Kier molecular flexibility index (Phi) is 4.72. The number of oxime groups is 1. The zero-order valence-electron chi connectivity index (χ0n) is 10.3. The van der Waals surface area contributed by atoms with E-state index in [2.05, 4.69) is 26.4 Å². The second-order valence-electron chi connectivity index (χ2n) is 4.10. The number of nitrogens with zero attached hydrogens (tertiary/aromatic N) is 1. The molecule has 0 aliphatic rings. The molecule has 0 heterocycles. The van der Waals surface area contributed by atoms with E-state index in [-0.39, 0.29) is 11.7 Å². The number of amidine groups is 1. The van der Waals surface area contributed by atoms with E-state index in [4.69, 9.17) is 10.9 Å². The zero-order chi connectivity index (χ0) is 13.8. The van der Waals surface area contributed by atoms with E-state index in [9.17, 15) is 4.79 Å². The minimum atomic E-state index is -0.874. The quantitative estimate of drug-likeness (QED) is 0.344. The van der Waals surface area contributed by atoms with Gasteiger partial charge in [-0.1, -0.05) is 24.2 Å². The summed E-state index contributed by atoms with van der Waals surface area (Å²) in [6.07, 6.45) is 0.513. The van der Waals surface area contributed by atoms with E-state index in [0.717, 1.165) is 0 Å². The van der Waals surface area contributed by atoms with Crippen LogP contribution in [0.1, 0.15) is 30.6 Å². The third-order valence-corrected chi connectivity index (χ3v) is 3.58. The summed E-state index contributed by atoms with van der Waals surface area (Å²) >= 11 is 3.31. The van der Waals surface area contributed by atoms with Crippen molar-refractivity contribution in [3.8, 4) is 0 Å². The van der Waals surface area contributed by atoms with Crippen molar-refractivity contribution < 1.29 is 10.0 Å². The highest BCUT2D eigenvalue weighted by Gasteiger charge is 2.30. The molecule has 1 amide bonds. The van der Waals surface area contributed by atoms with Crippen LogP contribution in [0.15, 0.2) is 33.9 Å². The van der Waals surface area contributed by atoms with Crippen molar-refractivity contribution in [3.05, 3.63) is 34.3 Å². The van der Waals surface area contributed by atoms with Crippen LogP contribution in [0.2, 0.25) is 0 Å². The molecule has 5 nitrogen and oxygen atoms in total. The van der Waals surface area contributed by atoms with Gasteiger partial charge in [0.15, 0.2) is 5.84 Å². The fourth-order valence-corrected chi connectivity index (χ4v) is 1.87. The molecule has 0 aliphatic heterocycles. The van der Waals surface area contributed by atoms with Gasteiger partial charge in [0.05, 0.1) is 11.1 Å². The van der Waals surface area contributed by atoms with E-state index in [0.29, 0.717) is 16.5 Å². The summed E-state index contributed by atoms with van der Waals surface area (Å²) in [7, 11) is 0. The van der Waals surface area contributed by atoms with Crippen molar-refractivity contribution in [2.45, 2.75) is 25.8 Å². The number of hydrogen-bond acceptors (Lipinski definition) is 3. The highest BCUT2D eigenvalue weighted by atomic mass is 79.9. The third-order valence-electron chi connectivity index (χ3n) is 2.89. The van der Waals surface area contributed by atoms with Gasteiger partial charge in [-0.05, 0) is 41.4 Å². The van der Waals surface area contributed by atoms with Crippen molar-refractivity contribution in [2.75, 3.05) is 0 Å². The fraction of sp³-hybridized carbons (Fsp3) is 0.333. The highest BCUT2D eigenvalue weighted by molar-refractivity contribution is 9.10. The van der Waals surface area contributed by atoms with Crippen LogP contribution >= 0.6 is 15.9 Å². The lowest BCUT2D eigenvalue weighted by Crippen LogP contribution is -2.55. The minimum Gasteiger partial charge on any atom is -0.409 e. The number of carbonyl (C=O) groups is 1. The molecular formula is C12H16BrN3O2. The number of hydrogen-bond donors (Lipinski definition) is 3. The van der Waals surface area contributed by atoms with Gasteiger partial charge < -0.3 is 16.3 Å². The lowest BCUT2D eigenvalue weighted by Gasteiger charge is -2.28. The number of carbonyl (C=O) groups excluding carboxylic acids is 1. The standard InChI is InChI=1S/C12H16BrN3O2/c1-3-12(2,11(14)16-18)15-10(17)8-6-4-5-7-9(8)13/h4-7,18H,3H2,1-2H3,(H2,14,16)(H,15,17). The smallest absolute Gasteiger partial charge is 0.253 e. The molecule has 18 heavy (non-hydrogen) atoms. The molecule has 0 fully saturated rings. The van der Waals surface area contributed by atoms with Gasteiger partial charge in [0.1, 0.15) is 0 Å². The maximum atomic E-state index is 12.1. The zero-order valence-corrected chi connectivity index (χ0v) is 11.9. The second-order valence-corrected chi connectivity index (χ2v) is 4.96. The fourth-order valence-electron chi connectivity index (χ4n) is 1.41. The molecule has 4 N–H and O–H groups in total. The first-order chi connectivity index (χ1) is 8.44. The Balaban J connectivity index is 2.97. The number of benzene rings is 1. The van der Waals surface area contributed by atoms with Crippen LogP contribution in [0, 0.1) is 0 Å². The van der Waals surface area contributed by atoms with Crippen LogP contribution in [0.3, 0.4) is 0 Å². The Morgan fingerprint density at radius 1 is 1.56 bits per heavy atom.